The standard InChI is InChI=1S/C18H21N3O2/c1-23-17-9-5-8-15(12-17)20-18(22)21-11-10-16(13-21)19-14-6-3-2-4-7-14/h2-9,12,16,19H,10-11,13H2,1H3,(H,20,22)/t16-/m0/s1. The predicted molar refractivity (Wildman–Crippen MR) is 92.1 cm³/mol. The highest BCUT2D eigenvalue weighted by atomic mass is 16.5. The molecule has 1 aliphatic rings. The predicted octanol–water partition coefficient (Wildman–Crippen LogP) is 3.41. The second-order valence-electron chi connectivity index (χ2n) is 5.60. The molecule has 2 aromatic rings. The fourth-order valence-corrected chi connectivity index (χ4v) is 2.74. The minimum atomic E-state index is -0.0735. The lowest BCUT2D eigenvalue weighted by Crippen LogP contribution is -2.34. The molecule has 0 bridgehead atoms. The van der Waals surface area contributed by atoms with E-state index >= 15 is 0 Å². The molecule has 1 heterocycles. The molecule has 0 unspecified atom stereocenters. The number of ether oxygens (including phenoxy) is 1. The maximum atomic E-state index is 12.4. The zero-order valence-corrected chi connectivity index (χ0v) is 13.2. The molecule has 1 fully saturated rings. The van der Waals surface area contributed by atoms with Gasteiger partial charge in [-0.25, -0.2) is 4.79 Å². The number of urea groups is 1. The van der Waals surface area contributed by atoms with Gasteiger partial charge in [0.05, 0.1) is 7.11 Å². The summed E-state index contributed by atoms with van der Waals surface area (Å²) in [6.07, 6.45) is 0.945. The third-order valence-corrected chi connectivity index (χ3v) is 3.94. The molecule has 5 heteroatoms. The van der Waals surface area contributed by atoms with E-state index in [-0.39, 0.29) is 12.1 Å². The van der Waals surface area contributed by atoms with Gasteiger partial charge < -0.3 is 20.3 Å². The second-order valence-corrected chi connectivity index (χ2v) is 5.60. The number of hydrogen-bond donors (Lipinski definition) is 2. The number of carbonyl (C=O) groups is 1. The lowest BCUT2D eigenvalue weighted by molar-refractivity contribution is 0.222. The summed E-state index contributed by atoms with van der Waals surface area (Å²) in [7, 11) is 1.61. The van der Waals surface area contributed by atoms with Crippen molar-refractivity contribution in [2.24, 2.45) is 0 Å². The molecule has 2 N–H and O–H groups in total. The smallest absolute Gasteiger partial charge is 0.321 e. The van der Waals surface area contributed by atoms with Crippen molar-refractivity contribution in [3.05, 3.63) is 54.6 Å². The molecule has 23 heavy (non-hydrogen) atoms. The quantitative estimate of drug-likeness (QED) is 0.910. The minimum absolute atomic E-state index is 0.0735. The van der Waals surface area contributed by atoms with E-state index < -0.39 is 0 Å². The van der Waals surface area contributed by atoms with Gasteiger partial charge in [-0.15, -0.1) is 0 Å². The molecule has 0 spiro atoms. The Morgan fingerprint density at radius 1 is 1.13 bits per heavy atom. The molecular weight excluding hydrogens is 290 g/mol. The van der Waals surface area contributed by atoms with Crippen LogP contribution in [0.25, 0.3) is 0 Å². The van der Waals surface area contributed by atoms with Gasteiger partial charge in [-0.3, -0.25) is 0 Å². The summed E-state index contributed by atoms with van der Waals surface area (Å²) in [4.78, 5) is 14.2. The first-order valence-corrected chi connectivity index (χ1v) is 7.76. The van der Waals surface area contributed by atoms with Gasteiger partial charge in [0.2, 0.25) is 0 Å². The lowest BCUT2D eigenvalue weighted by Gasteiger charge is -2.18. The number of anilines is 2. The molecular formula is C18H21N3O2. The monoisotopic (exact) mass is 311 g/mol. The van der Waals surface area contributed by atoms with Crippen LogP contribution in [0.4, 0.5) is 16.2 Å². The maximum absolute atomic E-state index is 12.4. The normalized spacial score (nSPS) is 16.9. The van der Waals surface area contributed by atoms with Gasteiger partial charge in [0, 0.05) is 36.6 Å². The van der Waals surface area contributed by atoms with Crippen LogP contribution in [0.3, 0.4) is 0 Å². The molecule has 0 aromatic heterocycles. The third kappa shape index (κ3) is 3.94. The number of hydrogen-bond acceptors (Lipinski definition) is 3. The summed E-state index contributed by atoms with van der Waals surface area (Å²) in [6.45, 7) is 1.45. The zero-order chi connectivity index (χ0) is 16.1. The average molecular weight is 311 g/mol. The van der Waals surface area contributed by atoms with Gasteiger partial charge in [-0.2, -0.15) is 0 Å². The lowest BCUT2D eigenvalue weighted by atomic mass is 10.2. The fraction of sp³-hybridized carbons (Fsp3) is 0.278. The molecule has 3 rings (SSSR count). The number of para-hydroxylation sites is 1. The largest absolute Gasteiger partial charge is 0.497 e. The van der Waals surface area contributed by atoms with E-state index in [9.17, 15) is 4.79 Å². The summed E-state index contributed by atoms with van der Waals surface area (Å²) < 4.78 is 5.17. The molecule has 1 atom stereocenters. The Morgan fingerprint density at radius 3 is 2.70 bits per heavy atom. The Labute approximate surface area is 136 Å². The summed E-state index contributed by atoms with van der Waals surface area (Å²) >= 11 is 0. The molecule has 0 radical (unpaired) electrons. The van der Waals surface area contributed by atoms with Crippen LogP contribution >= 0.6 is 0 Å². The Kier molecular flexibility index (Phi) is 4.66. The number of carbonyl (C=O) groups excluding carboxylic acids is 1. The van der Waals surface area contributed by atoms with E-state index in [1.807, 2.05) is 59.5 Å². The van der Waals surface area contributed by atoms with Crippen LogP contribution < -0.4 is 15.4 Å². The van der Waals surface area contributed by atoms with Crippen molar-refractivity contribution in [1.82, 2.24) is 4.90 Å². The van der Waals surface area contributed by atoms with Gasteiger partial charge in [0.15, 0.2) is 0 Å². The number of nitrogens with zero attached hydrogens (tertiary/aromatic N) is 1. The van der Waals surface area contributed by atoms with Crippen molar-refractivity contribution in [1.29, 1.82) is 0 Å². The number of likely N-dealkylation sites (tertiary alicyclic amines) is 1. The molecule has 2 amide bonds. The first-order chi connectivity index (χ1) is 11.2. The molecule has 5 nitrogen and oxygen atoms in total. The maximum Gasteiger partial charge on any atom is 0.321 e. The molecule has 0 aliphatic carbocycles. The first-order valence-electron chi connectivity index (χ1n) is 7.76. The van der Waals surface area contributed by atoms with Crippen LogP contribution in [0.15, 0.2) is 54.6 Å². The number of rotatable bonds is 4. The van der Waals surface area contributed by atoms with E-state index in [0.717, 1.165) is 30.1 Å². The van der Waals surface area contributed by atoms with Gasteiger partial charge >= 0.3 is 6.03 Å². The van der Waals surface area contributed by atoms with Crippen molar-refractivity contribution >= 4 is 17.4 Å². The Balaban J connectivity index is 1.55. The number of amides is 2. The van der Waals surface area contributed by atoms with Gasteiger partial charge in [-0.05, 0) is 30.7 Å². The van der Waals surface area contributed by atoms with Crippen LogP contribution in [0.1, 0.15) is 6.42 Å². The van der Waals surface area contributed by atoms with E-state index in [2.05, 4.69) is 10.6 Å². The van der Waals surface area contributed by atoms with E-state index in [0.29, 0.717) is 6.54 Å². The SMILES string of the molecule is COc1cccc(NC(=O)N2CC[C@H](Nc3ccccc3)C2)c1. The Morgan fingerprint density at radius 2 is 1.91 bits per heavy atom. The topological polar surface area (TPSA) is 53.6 Å². The zero-order valence-electron chi connectivity index (χ0n) is 13.2. The summed E-state index contributed by atoms with van der Waals surface area (Å²) in [6, 6.07) is 17.7. The van der Waals surface area contributed by atoms with Gasteiger partial charge in [-0.1, -0.05) is 24.3 Å². The number of nitrogens with one attached hydrogen (secondary N) is 2. The van der Waals surface area contributed by atoms with E-state index in [1.165, 1.54) is 0 Å². The molecule has 2 aromatic carbocycles. The van der Waals surface area contributed by atoms with Gasteiger partial charge in [0.25, 0.3) is 0 Å². The highest BCUT2D eigenvalue weighted by Gasteiger charge is 2.26. The highest BCUT2D eigenvalue weighted by Crippen LogP contribution is 2.19. The molecule has 120 valence electrons. The average Bonchev–Trinajstić information content (AvgIpc) is 3.04. The minimum Gasteiger partial charge on any atom is -0.497 e. The summed E-state index contributed by atoms with van der Waals surface area (Å²) in [5.74, 6) is 0.729. The van der Waals surface area contributed by atoms with E-state index in [4.69, 9.17) is 4.74 Å². The number of methoxy groups -OCH3 is 1. The van der Waals surface area contributed by atoms with Gasteiger partial charge in [0.1, 0.15) is 5.75 Å². The highest BCUT2D eigenvalue weighted by molar-refractivity contribution is 5.89. The molecule has 0 saturated carbocycles. The molecule has 1 aliphatic heterocycles. The van der Waals surface area contributed by atoms with Crippen molar-refractivity contribution in [2.45, 2.75) is 12.5 Å². The Bertz CT molecular complexity index is 660. The molecule has 1 saturated heterocycles. The Hall–Kier alpha value is -2.69. The third-order valence-electron chi connectivity index (χ3n) is 3.94. The van der Waals surface area contributed by atoms with Crippen molar-refractivity contribution < 1.29 is 9.53 Å². The van der Waals surface area contributed by atoms with Crippen LogP contribution in [0, 0.1) is 0 Å². The van der Waals surface area contributed by atoms with Crippen LogP contribution in [0.2, 0.25) is 0 Å². The summed E-state index contributed by atoms with van der Waals surface area (Å²) in [5.41, 5.74) is 1.83. The summed E-state index contributed by atoms with van der Waals surface area (Å²) in [5, 5.41) is 6.39. The van der Waals surface area contributed by atoms with Crippen LogP contribution in [-0.4, -0.2) is 37.2 Å². The van der Waals surface area contributed by atoms with E-state index in [1.54, 1.807) is 7.11 Å². The van der Waals surface area contributed by atoms with Crippen molar-refractivity contribution in [3.63, 3.8) is 0 Å². The fourth-order valence-electron chi connectivity index (χ4n) is 2.74. The first kappa shape index (κ1) is 15.2. The van der Waals surface area contributed by atoms with Crippen LogP contribution in [0.5, 0.6) is 5.75 Å². The van der Waals surface area contributed by atoms with Crippen molar-refractivity contribution in [2.75, 3.05) is 30.8 Å². The number of benzene rings is 2. The van der Waals surface area contributed by atoms with Crippen LogP contribution in [-0.2, 0) is 0 Å². The van der Waals surface area contributed by atoms with Crippen molar-refractivity contribution in [3.8, 4) is 5.75 Å². The second kappa shape index (κ2) is 7.05.